The first-order valence-electron chi connectivity index (χ1n) is 12.4. The van der Waals surface area contributed by atoms with Crippen LogP contribution >= 0.6 is 0 Å². The van der Waals surface area contributed by atoms with Crippen molar-refractivity contribution in [2.45, 2.75) is 64.5 Å². The van der Waals surface area contributed by atoms with E-state index < -0.39 is 17.1 Å². The molecule has 188 valence electrons. The van der Waals surface area contributed by atoms with Crippen molar-refractivity contribution in [1.29, 1.82) is 0 Å². The summed E-state index contributed by atoms with van der Waals surface area (Å²) in [5.41, 5.74) is -1.32. The third-order valence-electron chi connectivity index (χ3n) is 6.75. The molecule has 1 aromatic rings. The number of hydrogen-bond donors (Lipinski definition) is 0. The largest absolute Gasteiger partial charge is 0.460 e. The third-order valence-corrected chi connectivity index (χ3v) is 6.75. The van der Waals surface area contributed by atoms with Gasteiger partial charge in [0, 0.05) is 39.3 Å². The van der Waals surface area contributed by atoms with Crippen LogP contribution in [0.15, 0.2) is 30.3 Å². The van der Waals surface area contributed by atoms with Crippen LogP contribution in [0.25, 0.3) is 0 Å². The fourth-order valence-corrected chi connectivity index (χ4v) is 4.76. The Morgan fingerprint density at radius 2 is 1.56 bits per heavy atom. The summed E-state index contributed by atoms with van der Waals surface area (Å²) in [5.74, 6) is -0.0527. The van der Waals surface area contributed by atoms with Crippen LogP contribution < -0.4 is 4.74 Å². The zero-order valence-corrected chi connectivity index (χ0v) is 21.0. The number of benzene rings is 1. The normalized spacial score (nSPS) is 20.9. The summed E-state index contributed by atoms with van der Waals surface area (Å²) < 4.78 is 11.0. The number of piperidine rings is 1. The minimum Gasteiger partial charge on any atom is -0.460 e. The monoisotopic (exact) mass is 473 g/mol. The minimum absolute atomic E-state index is 0.0309. The number of hydrogen-bond acceptors (Lipinski definition) is 8. The van der Waals surface area contributed by atoms with Crippen molar-refractivity contribution in [1.82, 2.24) is 14.9 Å². The molecular weight excluding hydrogens is 434 g/mol. The van der Waals surface area contributed by atoms with Gasteiger partial charge in [0.1, 0.15) is 17.6 Å². The van der Waals surface area contributed by atoms with Crippen LogP contribution in [0.2, 0.25) is 0 Å². The summed E-state index contributed by atoms with van der Waals surface area (Å²) in [6.07, 6.45) is 3.06. The van der Waals surface area contributed by atoms with Crippen molar-refractivity contribution in [2.75, 3.05) is 39.3 Å². The standard InChI is InChI=1S/C26H39N3O5/c1-5-26(20-30,19-23(31)33-22-9-7-6-8-10-22)27-15-17-29(18-16-27)28-13-11-21(12-14-28)24(32)34-25(2,3)4/h6-10,20-21H,5,11-19H2,1-4H3. The molecule has 8 nitrogen and oxygen atoms in total. The van der Waals surface area contributed by atoms with Crippen molar-refractivity contribution in [3.8, 4) is 5.75 Å². The average molecular weight is 474 g/mol. The second kappa shape index (κ2) is 11.4. The van der Waals surface area contributed by atoms with Crippen LogP contribution in [0, 0.1) is 5.92 Å². The van der Waals surface area contributed by atoms with Gasteiger partial charge in [0.25, 0.3) is 0 Å². The van der Waals surface area contributed by atoms with E-state index in [4.69, 9.17) is 9.47 Å². The summed E-state index contributed by atoms with van der Waals surface area (Å²) in [6, 6.07) is 8.95. The Kier molecular flexibility index (Phi) is 8.84. The first kappa shape index (κ1) is 26.3. The molecule has 1 unspecified atom stereocenters. The van der Waals surface area contributed by atoms with E-state index >= 15 is 0 Å². The molecule has 2 heterocycles. The number of hydrazine groups is 1. The number of ether oxygens (including phenoxy) is 2. The average Bonchev–Trinajstić information content (AvgIpc) is 2.82. The Morgan fingerprint density at radius 1 is 0.971 bits per heavy atom. The van der Waals surface area contributed by atoms with Gasteiger partial charge in [-0.2, -0.15) is 0 Å². The highest BCUT2D eigenvalue weighted by molar-refractivity contribution is 5.80. The second-order valence-corrected chi connectivity index (χ2v) is 10.2. The van der Waals surface area contributed by atoms with Gasteiger partial charge in [-0.05, 0) is 52.2 Å². The number of nitrogens with zero attached hydrogens (tertiary/aromatic N) is 3. The fourth-order valence-electron chi connectivity index (χ4n) is 4.76. The number of esters is 2. The molecule has 1 atom stereocenters. The maximum absolute atomic E-state index is 12.6. The summed E-state index contributed by atoms with van der Waals surface area (Å²) in [7, 11) is 0. The summed E-state index contributed by atoms with van der Waals surface area (Å²) >= 11 is 0. The minimum atomic E-state index is -0.859. The first-order chi connectivity index (χ1) is 16.2. The lowest BCUT2D eigenvalue weighted by Crippen LogP contribution is -2.62. The summed E-state index contributed by atoms with van der Waals surface area (Å²) in [4.78, 5) is 39.3. The van der Waals surface area contributed by atoms with Crippen molar-refractivity contribution >= 4 is 18.2 Å². The van der Waals surface area contributed by atoms with Gasteiger partial charge < -0.3 is 14.3 Å². The Balaban J connectivity index is 1.51. The molecule has 0 spiro atoms. The Labute approximate surface area is 203 Å². The number of aldehydes is 1. The highest BCUT2D eigenvalue weighted by Crippen LogP contribution is 2.27. The van der Waals surface area contributed by atoms with Crippen molar-refractivity contribution in [3.63, 3.8) is 0 Å². The van der Waals surface area contributed by atoms with Gasteiger partial charge in [-0.1, -0.05) is 25.1 Å². The van der Waals surface area contributed by atoms with Gasteiger partial charge in [-0.25, -0.2) is 10.0 Å². The summed E-state index contributed by atoms with van der Waals surface area (Å²) in [5, 5.41) is 4.63. The third kappa shape index (κ3) is 6.87. The van der Waals surface area contributed by atoms with E-state index in [9.17, 15) is 14.4 Å². The molecule has 2 aliphatic rings. The Hall–Kier alpha value is -2.29. The van der Waals surface area contributed by atoms with Gasteiger partial charge in [-0.15, -0.1) is 0 Å². The predicted molar refractivity (Wildman–Crippen MR) is 129 cm³/mol. The highest BCUT2D eigenvalue weighted by atomic mass is 16.6. The SMILES string of the molecule is CCC(C=O)(CC(=O)Oc1ccccc1)N1CCN(N2CCC(C(=O)OC(C)(C)C)CC2)CC1. The molecule has 1 aromatic carbocycles. The molecule has 3 rings (SSSR count). The molecular formula is C26H39N3O5. The lowest BCUT2D eigenvalue weighted by molar-refractivity contribution is -0.164. The molecule has 0 saturated carbocycles. The van der Waals surface area contributed by atoms with E-state index in [1.165, 1.54) is 0 Å². The molecule has 0 aromatic heterocycles. The van der Waals surface area contributed by atoms with Gasteiger partial charge in [0.15, 0.2) is 0 Å². The second-order valence-electron chi connectivity index (χ2n) is 10.2. The van der Waals surface area contributed by atoms with E-state index in [0.717, 1.165) is 45.3 Å². The van der Waals surface area contributed by atoms with Crippen molar-refractivity contribution < 1.29 is 23.9 Å². The fraction of sp³-hybridized carbons (Fsp3) is 0.654. The van der Waals surface area contributed by atoms with Crippen LogP contribution in [0.3, 0.4) is 0 Å². The highest BCUT2D eigenvalue weighted by Gasteiger charge is 2.40. The predicted octanol–water partition coefficient (Wildman–Crippen LogP) is 2.92. The van der Waals surface area contributed by atoms with Gasteiger partial charge in [0.2, 0.25) is 0 Å². The lowest BCUT2D eigenvalue weighted by Gasteiger charge is -2.48. The lowest BCUT2D eigenvalue weighted by atomic mass is 9.90. The van der Waals surface area contributed by atoms with Gasteiger partial charge >= 0.3 is 11.9 Å². The zero-order valence-electron chi connectivity index (χ0n) is 21.0. The van der Waals surface area contributed by atoms with E-state index in [0.29, 0.717) is 25.3 Å². The van der Waals surface area contributed by atoms with E-state index in [1.807, 2.05) is 45.9 Å². The van der Waals surface area contributed by atoms with Crippen LogP contribution in [0.1, 0.15) is 53.4 Å². The topological polar surface area (TPSA) is 79.4 Å². The maximum Gasteiger partial charge on any atom is 0.313 e. The quantitative estimate of drug-likeness (QED) is 0.324. The molecule has 8 heteroatoms. The smallest absolute Gasteiger partial charge is 0.313 e. The first-order valence-corrected chi connectivity index (χ1v) is 12.4. The van der Waals surface area contributed by atoms with E-state index in [1.54, 1.807) is 12.1 Å². The molecule has 0 radical (unpaired) electrons. The van der Waals surface area contributed by atoms with Crippen LogP contribution in [-0.4, -0.2) is 83.6 Å². The molecule has 34 heavy (non-hydrogen) atoms. The molecule has 2 fully saturated rings. The Bertz CT molecular complexity index is 825. The van der Waals surface area contributed by atoms with Gasteiger partial charge in [-0.3, -0.25) is 14.5 Å². The number of rotatable bonds is 8. The van der Waals surface area contributed by atoms with E-state index in [-0.39, 0.29) is 18.3 Å². The molecule has 2 aliphatic heterocycles. The zero-order chi connectivity index (χ0) is 24.8. The van der Waals surface area contributed by atoms with Crippen molar-refractivity contribution in [2.24, 2.45) is 5.92 Å². The number of piperazine rings is 1. The molecule has 0 amide bonds. The molecule has 0 N–H and O–H groups in total. The summed E-state index contributed by atoms with van der Waals surface area (Å²) in [6.45, 7) is 12.2. The van der Waals surface area contributed by atoms with Crippen LogP contribution in [0.5, 0.6) is 5.75 Å². The van der Waals surface area contributed by atoms with Crippen molar-refractivity contribution in [3.05, 3.63) is 30.3 Å². The molecule has 0 bridgehead atoms. The molecule has 2 saturated heterocycles. The van der Waals surface area contributed by atoms with E-state index in [2.05, 4.69) is 14.9 Å². The van der Waals surface area contributed by atoms with Crippen LogP contribution in [0.4, 0.5) is 0 Å². The maximum atomic E-state index is 12.6. The van der Waals surface area contributed by atoms with Gasteiger partial charge in [0.05, 0.1) is 17.9 Å². The number of para-hydroxylation sites is 1. The molecule has 0 aliphatic carbocycles. The number of carbonyl (C=O) groups is 3. The Morgan fingerprint density at radius 3 is 2.09 bits per heavy atom. The number of carbonyl (C=O) groups excluding carboxylic acids is 3. The van der Waals surface area contributed by atoms with Crippen LogP contribution in [-0.2, 0) is 19.1 Å².